The first kappa shape index (κ1) is 15.3. The van der Waals surface area contributed by atoms with Crippen LogP contribution in [-0.4, -0.2) is 49.2 Å². The van der Waals surface area contributed by atoms with Gasteiger partial charge in [-0.3, -0.25) is 4.90 Å². The van der Waals surface area contributed by atoms with Crippen molar-refractivity contribution in [3.63, 3.8) is 0 Å². The van der Waals surface area contributed by atoms with Gasteiger partial charge in [-0.15, -0.1) is 0 Å². The normalized spacial score (nSPS) is 32.5. The number of methoxy groups -OCH3 is 1. The molecule has 0 amide bonds. The Kier molecular flexibility index (Phi) is 4.55. The van der Waals surface area contributed by atoms with Gasteiger partial charge in [0.05, 0.1) is 7.11 Å². The molecule has 2 saturated carbocycles. The quantitative estimate of drug-likeness (QED) is 0.763. The van der Waals surface area contributed by atoms with Gasteiger partial charge in [0.1, 0.15) is 5.54 Å². The lowest BCUT2D eigenvalue weighted by molar-refractivity contribution is -0.151. The Labute approximate surface area is 128 Å². The fraction of sp³-hybridized carbons (Fsp3) is 0.941. The van der Waals surface area contributed by atoms with E-state index >= 15 is 0 Å². The van der Waals surface area contributed by atoms with Crippen LogP contribution in [0.15, 0.2) is 0 Å². The van der Waals surface area contributed by atoms with Crippen molar-refractivity contribution in [1.82, 2.24) is 10.2 Å². The number of fused-ring (bicyclic) bond motifs is 1. The van der Waals surface area contributed by atoms with Crippen molar-refractivity contribution in [1.29, 1.82) is 0 Å². The van der Waals surface area contributed by atoms with Gasteiger partial charge >= 0.3 is 5.97 Å². The molecule has 0 spiro atoms. The number of esters is 1. The van der Waals surface area contributed by atoms with Gasteiger partial charge in [0, 0.05) is 12.6 Å². The summed E-state index contributed by atoms with van der Waals surface area (Å²) in [6, 6.07) is 0.709. The maximum atomic E-state index is 12.5. The predicted octanol–water partition coefficient (Wildman–Crippen LogP) is 2.18. The standard InChI is InChI=1S/C17H30N2O2/c1-3-18-17(14-8-9-14,16(20)21-2)12-19-11-10-13-6-4-5-7-15(13)19/h13-15,18H,3-12H2,1-2H3. The van der Waals surface area contributed by atoms with Gasteiger partial charge in [0.15, 0.2) is 0 Å². The van der Waals surface area contributed by atoms with Crippen molar-refractivity contribution in [2.75, 3.05) is 26.7 Å². The molecule has 3 unspecified atom stereocenters. The number of likely N-dealkylation sites (tertiary alicyclic amines) is 1. The van der Waals surface area contributed by atoms with Crippen LogP contribution in [0.25, 0.3) is 0 Å². The number of hydrogen-bond donors (Lipinski definition) is 1. The summed E-state index contributed by atoms with van der Waals surface area (Å²) in [5.41, 5.74) is -0.462. The van der Waals surface area contributed by atoms with Gasteiger partial charge in [0.2, 0.25) is 0 Å². The highest BCUT2D eigenvalue weighted by molar-refractivity contribution is 5.82. The van der Waals surface area contributed by atoms with E-state index in [2.05, 4.69) is 17.1 Å². The molecule has 3 aliphatic rings. The number of nitrogens with one attached hydrogen (secondary N) is 1. The number of carbonyl (C=O) groups excluding carboxylic acids is 1. The van der Waals surface area contributed by atoms with E-state index in [9.17, 15) is 4.79 Å². The summed E-state index contributed by atoms with van der Waals surface area (Å²) in [7, 11) is 1.53. The Balaban J connectivity index is 1.76. The van der Waals surface area contributed by atoms with Gasteiger partial charge < -0.3 is 10.1 Å². The van der Waals surface area contributed by atoms with E-state index < -0.39 is 5.54 Å². The molecule has 1 N–H and O–H groups in total. The number of likely N-dealkylation sites (N-methyl/N-ethyl adjacent to an activating group) is 1. The molecule has 4 nitrogen and oxygen atoms in total. The van der Waals surface area contributed by atoms with Crippen LogP contribution in [-0.2, 0) is 9.53 Å². The lowest BCUT2D eigenvalue weighted by Crippen LogP contribution is -2.62. The molecule has 21 heavy (non-hydrogen) atoms. The van der Waals surface area contributed by atoms with Crippen LogP contribution >= 0.6 is 0 Å². The first-order valence-electron chi connectivity index (χ1n) is 8.78. The van der Waals surface area contributed by atoms with E-state index in [4.69, 9.17) is 4.74 Å². The lowest BCUT2D eigenvalue weighted by Gasteiger charge is -2.39. The topological polar surface area (TPSA) is 41.6 Å². The lowest BCUT2D eigenvalue weighted by atomic mass is 9.84. The molecule has 1 saturated heterocycles. The Morgan fingerprint density at radius 1 is 1.24 bits per heavy atom. The summed E-state index contributed by atoms with van der Waals surface area (Å²) in [5, 5.41) is 3.51. The van der Waals surface area contributed by atoms with Crippen molar-refractivity contribution in [3.8, 4) is 0 Å². The minimum atomic E-state index is -0.462. The zero-order valence-electron chi connectivity index (χ0n) is 13.6. The van der Waals surface area contributed by atoms with Crippen molar-refractivity contribution < 1.29 is 9.53 Å². The monoisotopic (exact) mass is 294 g/mol. The van der Waals surface area contributed by atoms with Gasteiger partial charge in [-0.2, -0.15) is 0 Å². The number of carbonyl (C=O) groups is 1. The summed E-state index contributed by atoms with van der Waals surface area (Å²) < 4.78 is 5.19. The van der Waals surface area contributed by atoms with Crippen molar-refractivity contribution in [3.05, 3.63) is 0 Å². The molecule has 0 bridgehead atoms. The molecule has 4 heteroatoms. The highest BCUT2D eigenvalue weighted by Crippen LogP contribution is 2.43. The molecular formula is C17H30N2O2. The average molecular weight is 294 g/mol. The Bertz CT molecular complexity index is 383. The SMILES string of the molecule is CCNC(CN1CCC2CCCCC21)(C(=O)OC)C1CC1. The molecule has 1 heterocycles. The summed E-state index contributed by atoms with van der Waals surface area (Å²) in [6.07, 6.45) is 9.09. The number of ether oxygens (including phenoxy) is 1. The van der Waals surface area contributed by atoms with Crippen LogP contribution in [0.1, 0.15) is 51.9 Å². The number of hydrogen-bond acceptors (Lipinski definition) is 4. The third kappa shape index (κ3) is 2.85. The zero-order valence-corrected chi connectivity index (χ0v) is 13.6. The Morgan fingerprint density at radius 2 is 2.00 bits per heavy atom. The fourth-order valence-electron chi connectivity index (χ4n) is 4.73. The Morgan fingerprint density at radius 3 is 2.67 bits per heavy atom. The maximum Gasteiger partial charge on any atom is 0.327 e. The van der Waals surface area contributed by atoms with E-state index in [1.807, 2.05) is 0 Å². The van der Waals surface area contributed by atoms with Crippen molar-refractivity contribution >= 4 is 5.97 Å². The van der Waals surface area contributed by atoms with E-state index in [0.717, 1.165) is 38.4 Å². The molecule has 2 aliphatic carbocycles. The second kappa shape index (κ2) is 6.25. The molecule has 1 aliphatic heterocycles. The average Bonchev–Trinajstić information content (AvgIpc) is 3.29. The third-order valence-electron chi connectivity index (χ3n) is 5.89. The molecule has 0 aromatic carbocycles. The second-order valence-corrected chi connectivity index (χ2v) is 7.14. The molecular weight excluding hydrogens is 264 g/mol. The summed E-state index contributed by atoms with van der Waals surface area (Å²) in [6.45, 7) is 4.92. The van der Waals surface area contributed by atoms with E-state index in [-0.39, 0.29) is 5.97 Å². The Hall–Kier alpha value is -0.610. The zero-order chi connectivity index (χ0) is 14.9. The van der Waals surface area contributed by atoms with Crippen LogP contribution in [0, 0.1) is 11.8 Å². The predicted molar refractivity (Wildman–Crippen MR) is 83.1 cm³/mol. The largest absolute Gasteiger partial charge is 0.468 e. The number of rotatable bonds is 6. The van der Waals surface area contributed by atoms with Crippen molar-refractivity contribution in [2.45, 2.75) is 63.5 Å². The van der Waals surface area contributed by atoms with E-state index in [1.54, 1.807) is 0 Å². The highest BCUT2D eigenvalue weighted by atomic mass is 16.5. The highest BCUT2D eigenvalue weighted by Gasteiger charge is 2.53. The van der Waals surface area contributed by atoms with Crippen LogP contribution < -0.4 is 5.32 Å². The summed E-state index contributed by atoms with van der Waals surface area (Å²) in [5.74, 6) is 1.29. The smallest absolute Gasteiger partial charge is 0.327 e. The third-order valence-corrected chi connectivity index (χ3v) is 5.89. The molecule has 120 valence electrons. The van der Waals surface area contributed by atoms with Crippen molar-refractivity contribution in [2.24, 2.45) is 11.8 Å². The molecule has 3 fully saturated rings. The van der Waals surface area contributed by atoms with Crippen LogP contribution in [0.3, 0.4) is 0 Å². The molecule has 3 atom stereocenters. The minimum absolute atomic E-state index is 0.0499. The molecule has 0 aromatic heterocycles. The molecule has 3 rings (SSSR count). The van der Waals surface area contributed by atoms with E-state index in [1.165, 1.54) is 39.2 Å². The molecule has 0 radical (unpaired) electrons. The molecule has 0 aromatic rings. The minimum Gasteiger partial charge on any atom is -0.468 e. The van der Waals surface area contributed by atoms with Gasteiger partial charge in [0.25, 0.3) is 0 Å². The fourth-order valence-corrected chi connectivity index (χ4v) is 4.73. The second-order valence-electron chi connectivity index (χ2n) is 7.14. The van der Waals surface area contributed by atoms with Crippen LogP contribution in [0.5, 0.6) is 0 Å². The summed E-state index contributed by atoms with van der Waals surface area (Å²) in [4.78, 5) is 15.1. The first-order valence-corrected chi connectivity index (χ1v) is 8.78. The van der Waals surface area contributed by atoms with Crippen LogP contribution in [0.4, 0.5) is 0 Å². The van der Waals surface area contributed by atoms with Gasteiger partial charge in [-0.1, -0.05) is 19.8 Å². The van der Waals surface area contributed by atoms with Gasteiger partial charge in [-0.05, 0) is 57.0 Å². The number of nitrogens with zero attached hydrogens (tertiary/aromatic N) is 1. The maximum absolute atomic E-state index is 12.5. The van der Waals surface area contributed by atoms with E-state index in [0.29, 0.717) is 12.0 Å². The first-order chi connectivity index (χ1) is 10.2. The van der Waals surface area contributed by atoms with Crippen LogP contribution in [0.2, 0.25) is 0 Å². The summed E-state index contributed by atoms with van der Waals surface area (Å²) >= 11 is 0. The van der Waals surface area contributed by atoms with Gasteiger partial charge in [-0.25, -0.2) is 4.79 Å².